The Balaban J connectivity index is 2.50. The molecule has 1 rings (SSSR count). The van der Waals surface area contributed by atoms with Crippen LogP contribution in [-0.4, -0.2) is 23.2 Å². The first-order valence-electron chi connectivity index (χ1n) is 5.05. The smallest absolute Gasteiger partial charge is 0.413 e. The first-order chi connectivity index (χ1) is 7.40. The van der Waals surface area contributed by atoms with E-state index in [0.717, 1.165) is 11.3 Å². The quantitative estimate of drug-likeness (QED) is 0.851. The molecule has 0 aliphatic heterocycles. The molecule has 1 amide bonds. The third-order valence-corrected chi connectivity index (χ3v) is 2.52. The number of hydrogen-bond acceptors (Lipinski definition) is 5. The molecule has 0 aliphatic rings. The van der Waals surface area contributed by atoms with Gasteiger partial charge in [-0.15, -0.1) is 11.3 Å². The topological polar surface area (TPSA) is 77.2 Å². The molecule has 0 radical (unpaired) electrons. The Hall–Kier alpha value is -1.14. The van der Waals surface area contributed by atoms with Crippen LogP contribution in [0.1, 0.15) is 25.6 Å². The van der Waals surface area contributed by atoms with Crippen LogP contribution in [0.5, 0.6) is 0 Å². The fraction of sp³-hybridized carbons (Fsp3) is 0.600. The Morgan fingerprint density at radius 2 is 2.31 bits per heavy atom. The lowest BCUT2D eigenvalue weighted by atomic mass is 10.2. The Labute approximate surface area is 99.0 Å². The molecule has 0 atom stereocenters. The van der Waals surface area contributed by atoms with Gasteiger partial charge in [-0.2, -0.15) is 0 Å². The minimum absolute atomic E-state index is 0.485. The van der Waals surface area contributed by atoms with Gasteiger partial charge in [0, 0.05) is 11.1 Å². The fourth-order valence-corrected chi connectivity index (χ4v) is 1.83. The van der Waals surface area contributed by atoms with Gasteiger partial charge in [-0.25, -0.2) is 9.78 Å². The monoisotopic (exact) mass is 243 g/mol. The normalized spacial score (nSPS) is 11.2. The second kappa shape index (κ2) is 5.27. The van der Waals surface area contributed by atoms with Crippen LogP contribution < -0.4 is 11.1 Å². The average Bonchev–Trinajstić information content (AvgIpc) is 2.49. The molecular weight excluding hydrogens is 226 g/mol. The van der Waals surface area contributed by atoms with Crippen LogP contribution in [0.4, 0.5) is 9.93 Å². The highest BCUT2D eigenvalue weighted by atomic mass is 32.1. The Morgan fingerprint density at radius 1 is 1.62 bits per heavy atom. The Kier molecular flexibility index (Phi) is 4.26. The number of nitrogens with one attached hydrogen (secondary N) is 1. The van der Waals surface area contributed by atoms with Gasteiger partial charge in [0.15, 0.2) is 5.13 Å². The number of nitrogens with two attached hydrogens (primary N) is 1. The SMILES string of the molecule is CC(C)(C)OC(=O)Nc1ncc(CCN)s1. The van der Waals surface area contributed by atoms with Gasteiger partial charge in [0.1, 0.15) is 5.60 Å². The number of nitrogens with zero attached hydrogens (tertiary/aromatic N) is 1. The van der Waals surface area contributed by atoms with Gasteiger partial charge in [-0.05, 0) is 33.7 Å². The molecule has 0 fully saturated rings. The van der Waals surface area contributed by atoms with E-state index >= 15 is 0 Å². The molecule has 0 spiro atoms. The molecule has 0 saturated carbocycles. The molecule has 5 nitrogen and oxygen atoms in total. The number of carbonyl (C=O) groups is 1. The summed E-state index contributed by atoms with van der Waals surface area (Å²) in [4.78, 5) is 16.5. The van der Waals surface area contributed by atoms with Gasteiger partial charge < -0.3 is 10.5 Å². The van der Waals surface area contributed by atoms with Crippen LogP contribution in [0.3, 0.4) is 0 Å². The third kappa shape index (κ3) is 4.59. The van der Waals surface area contributed by atoms with Crippen LogP contribution in [0.15, 0.2) is 6.20 Å². The molecule has 3 N–H and O–H groups in total. The highest BCUT2D eigenvalue weighted by Crippen LogP contribution is 2.19. The van der Waals surface area contributed by atoms with E-state index in [-0.39, 0.29) is 0 Å². The van der Waals surface area contributed by atoms with Crippen LogP contribution >= 0.6 is 11.3 Å². The number of anilines is 1. The highest BCUT2D eigenvalue weighted by Gasteiger charge is 2.17. The minimum Gasteiger partial charge on any atom is -0.444 e. The largest absolute Gasteiger partial charge is 0.444 e. The number of ether oxygens (including phenoxy) is 1. The van der Waals surface area contributed by atoms with E-state index in [1.54, 1.807) is 6.20 Å². The van der Waals surface area contributed by atoms with Gasteiger partial charge >= 0.3 is 6.09 Å². The third-order valence-electron chi connectivity index (χ3n) is 1.55. The summed E-state index contributed by atoms with van der Waals surface area (Å²) >= 11 is 1.41. The second-order valence-corrected chi connectivity index (χ2v) is 5.41. The van der Waals surface area contributed by atoms with E-state index in [1.165, 1.54) is 11.3 Å². The summed E-state index contributed by atoms with van der Waals surface area (Å²) in [5.41, 5.74) is 4.92. The summed E-state index contributed by atoms with van der Waals surface area (Å²) in [7, 11) is 0. The molecule has 0 aromatic carbocycles. The van der Waals surface area contributed by atoms with Crippen LogP contribution in [0.2, 0.25) is 0 Å². The van der Waals surface area contributed by atoms with Crippen LogP contribution in [0, 0.1) is 0 Å². The molecule has 1 aromatic rings. The van der Waals surface area contributed by atoms with E-state index in [9.17, 15) is 4.79 Å². The minimum atomic E-state index is -0.499. The van der Waals surface area contributed by atoms with Gasteiger partial charge in [0.05, 0.1) is 0 Å². The van der Waals surface area contributed by atoms with Gasteiger partial charge in [-0.1, -0.05) is 0 Å². The zero-order chi connectivity index (χ0) is 12.2. The fourth-order valence-electron chi connectivity index (χ4n) is 1.01. The van der Waals surface area contributed by atoms with Crippen molar-refractivity contribution in [1.82, 2.24) is 4.98 Å². The highest BCUT2D eigenvalue weighted by molar-refractivity contribution is 7.15. The van der Waals surface area contributed by atoms with Gasteiger partial charge in [-0.3, -0.25) is 5.32 Å². The number of aromatic nitrogens is 1. The first-order valence-corrected chi connectivity index (χ1v) is 5.87. The standard InChI is InChI=1S/C10H17N3O2S/c1-10(2,3)15-9(14)13-8-12-6-7(16-8)4-5-11/h6H,4-5,11H2,1-3H3,(H,12,13,14). The molecule has 0 bridgehead atoms. The zero-order valence-corrected chi connectivity index (χ0v) is 10.6. The summed E-state index contributed by atoms with van der Waals surface area (Å²) in [6.45, 7) is 6.02. The molecule has 16 heavy (non-hydrogen) atoms. The maximum absolute atomic E-state index is 11.4. The van der Waals surface area contributed by atoms with Crippen molar-refractivity contribution in [2.24, 2.45) is 5.73 Å². The van der Waals surface area contributed by atoms with Crippen molar-refractivity contribution in [3.8, 4) is 0 Å². The number of hydrogen-bond donors (Lipinski definition) is 2. The van der Waals surface area contributed by atoms with E-state index in [2.05, 4.69) is 10.3 Å². The van der Waals surface area contributed by atoms with E-state index in [0.29, 0.717) is 11.7 Å². The van der Waals surface area contributed by atoms with Gasteiger partial charge in [0.25, 0.3) is 0 Å². The molecule has 0 aliphatic carbocycles. The molecule has 0 saturated heterocycles. The maximum Gasteiger partial charge on any atom is 0.413 e. The summed E-state index contributed by atoms with van der Waals surface area (Å²) in [5.74, 6) is 0. The lowest BCUT2D eigenvalue weighted by molar-refractivity contribution is 0.0636. The van der Waals surface area contributed by atoms with Gasteiger partial charge in [0.2, 0.25) is 0 Å². The summed E-state index contributed by atoms with van der Waals surface area (Å²) in [5, 5.41) is 3.12. The molecule has 1 aromatic heterocycles. The predicted octanol–water partition coefficient (Wildman–Crippen LogP) is 1.99. The number of thiazole rings is 1. The van der Waals surface area contributed by atoms with Crippen molar-refractivity contribution in [2.45, 2.75) is 32.8 Å². The number of amides is 1. The van der Waals surface area contributed by atoms with E-state index < -0.39 is 11.7 Å². The van der Waals surface area contributed by atoms with Crippen LogP contribution in [0.25, 0.3) is 0 Å². The molecule has 6 heteroatoms. The van der Waals surface area contributed by atoms with Crippen molar-refractivity contribution in [3.05, 3.63) is 11.1 Å². The number of carbonyl (C=O) groups excluding carboxylic acids is 1. The summed E-state index contributed by atoms with van der Waals surface area (Å²) in [6, 6.07) is 0. The Bertz CT molecular complexity index is 357. The maximum atomic E-state index is 11.4. The average molecular weight is 243 g/mol. The molecule has 90 valence electrons. The van der Waals surface area contributed by atoms with E-state index in [4.69, 9.17) is 10.5 Å². The second-order valence-electron chi connectivity index (χ2n) is 4.30. The lowest BCUT2D eigenvalue weighted by Gasteiger charge is -2.18. The van der Waals surface area contributed by atoms with Crippen molar-refractivity contribution in [3.63, 3.8) is 0 Å². The zero-order valence-electron chi connectivity index (χ0n) is 9.74. The van der Waals surface area contributed by atoms with E-state index in [1.807, 2.05) is 20.8 Å². The first kappa shape index (κ1) is 12.9. The number of rotatable bonds is 3. The molecule has 0 unspecified atom stereocenters. The predicted molar refractivity (Wildman–Crippen MR) is 64.7 cm³/mol. The van der Waals surface area contributed by atoms with Crippen molar-refractivity contribution in [1.29, 1.82) is 0 Å². The van der Waals surface area contributed by atoms with Crippen molar-refractivity contribution < 1.29 is 9.53 Å². The van der Waals surface area contributed by atoms with Crippen molar-refractivity contribution >= 4 is 22.6 Å². The molecular formula is C10H17N3O2S. The summed E-state index contributed by atoms with van der Waals surface area (Å²) in [6.07, 6.45) is 2.00. The summed E-state index contributed by atoms with van der Waals surface area (Å²) < 4.78 is 5.10. The van der Waals surface area contributed by atoms with Crippen LogP contribution in [-0.2, 0) is 11.2 Å². The van der Waals surface area contributed by atoms with Crippen molar-refractivity contribution in [2.75, 3.05) is 11.9 Å². The lowest BCUT2D eigenvalue weighted by Crippen LogP contribution is -2.27. The Morgan fingerprint density at radius 3 is 2.88 bits per heavy atom. The molecule has 1 heterocycles.